The van der Waals surface area contributed by atoms with Gasteiger partial charge >= 0.3 is 0 Å². The van der Waals surface area contributed by atoms with Crippen LogP contribution in [0.1, 0.15) is 26.3 Å². The minimum atomic E-state index is -1.05. The average molecular weight is 205 g/mol. The van der Waals surface area contributed by atoms with Crippen molar-refractivity contribution in [1.82, 2.24) is 0 Å². The largest absolute Gasteiger partial charge is 0.399 e. The molecule has 0 aliphatic heterocycles. The van der Waals surface area contributed by atoms with Crippen LogP contribution in [0.25, 0.3) is 0 Å². The molecule has 0 saturated heterocycles. The van der Waals surface area contributed by atoms with Crippen molar-refractivity contribution in [2.45, 2.75) is 26.2 Å². The first kappa shape index (κ1) is 11.4. The van der Waals surface area contributed by atoms with Crippen molar-refractivity contribution in [2.75, 3.05) is 5.73 Å². The van der Waals surface area contributed by atoms with Crippen LogP contribution in [0, 0.1) is 0 Å². The van der Waals surface area contributed by atoms with Crippen LogP contribution in [0.2, 0.25) is 0 Å². The zero-order valence-corrected chi connectivity index (χ0v) is 9.20. The van der Waals surface area contributed by atoms with Gasteiger partial charge < -0.3 is 5.73 Å². The van der Waals surface area contributed by atoms with Crippen molar-refractivity contribution >= 4 is 17.3 Å². The fourth-order valence-corrected chi connectivity index (χ4v) is 1.47. The Bertz CT molecular complexity index is 379. The van der Waals surface area contributed by atoms with Gasteiger partial charge in [0.1, 0.15) is 17.0 Å². The molecule has 1 aromatic carbocycles. The van der Waals surface area contributed by atoms with Crippen molar-refractivity contribution in [2.24, 2.45) is 0 Å². The number of hydrogen-bond acceptors (Lipinski definition) is 3. The van der Waals surface area contributed by atoms with E-state index >= 15 is 0 Å². The second-order valence-electron chi connectivity index (χ2n) is 3.86. The molecule has 0 saturated carbocycles. The summed E-state index contributed by atoms with van der Waals surface area (Å²) in [6, 6.07) is 6.83. The molecular formula is C12H15NO2. The van der Waals surface area contributed by atoms with Gasteiger partial charge in [0.15, 0.2) is 0 Å². The molecule has 0 aliphatic carbocycles. The van der Waals surface area contributed by atoms with Gasteiger partial charge in [-0.1, -0.05) is 12.1 Å². The van der Waals surface area contributed by atoms with Crippen LogP contribution in [0.5, 0.6) is 0 Å². The number of hydrogen-bond donors (Lipinski definition) is 1. The molecule has 0 amide bonds. The minimum absolute atomic E-state index is 0.153. The van der Waals surface area contributed by atoms with E-state index in [2.05, 4.69) is 0 Å². The molecule has 0 heterocycles. The number of Topliss-reactive ketones (excluding diaryl/α,β-unsaturated/α-hetero) is 2. The van der Waals surface area contributed by atoms with Gasteiger partial charge in [-0.05, 0) is 38.5 Å². The van der Waals surface area contributed by atoms with Gasteiger partial charge in [-0.15, -0.1) is 0 Å². The maximum atomic E-state index is 11.5. The number of anilines is 1. The van der Waals surface area contributed by atoms with E-state index in [0.717, 1.165) is 0 Å². The Kier molecular flexibility index (Phi) is 2.93. The summed E-state index contributed by atoms with van der Waals surface area (Å²) in [7, 11) is 0. The second kappa shape index (κ2) is 3.85. The second-order valence-corrected chi connectivity index (χ2v) is 3.86. The highest BCUT2D eigenvalue weighted by atomic mass is 16.2. The Hall–Kier alpha value is -1.64. The fourth-order valence-electron chi connectivity index (χ4n) is 1.47. The van der Waals surface area contributed by atoms with E-state index in [1.807, 2.05) is 0 Å². The lowest BCUT2D eigenvalue weighted by molar-refractivity contribution is -0.132. The van der Waals surface area contributed by atoms with E-state index in [4.69, 9.17) is 5.73 Å². The molecule has 80 valence electrons. The maximum Gasteiger partial charge on any atom is 0.147 e. The van der Waals surface area contributed by atoms with Crippen molar-refractivity contribution in [1.29, 1.82) is 0 Å². The Balaban J connectivity index is 3.28. The molecule has 3 nitrogen and oxygen atoms in total. The average Bonchev–Trinajstić information content (AvgIpc) is 2.17. The van der Waals surface area contributed by atoms with Gasteiger partial charge in [0.05, 0.1) is 0 Å². The number of benzene rings is 1. The highest BCUT2D eigenvalue weighted by molar-refractivity contribution is 6.10. The van der Waals surface area contributed by atoms with E-state index in [1.54, 1.807) is 31.2 Å². The lowest BCUT2D eigenvalue weighted by atomic mass is 9.76. The Morgan fingerprint density at radius 1 is 1.07 bits per heavy atom. The van der Waals surface area contributed by atoms with Crippen molar-refractivity contribution < 1.29 is 9.59 Å². The molecule has 3 heteroatoms. The zero-order valence-electron chi connectivity index (χ0n) is 9.20. The summed E-state index contributed by atoms with van der Waals surface area (Å²) < 4.78 is 0. The monoisotopic (exact) mass is 205 g/mol. The Labute approximate surface area is 89.3 Å². The number of carbonyl (C=O) groups is 2. The van der Waals surface area contributed by atoms with Crippen molar-refractivity contribution in [3.63, 3.8) is 0 Å². The molecule has 15 heavy (non-hydrogen) atoms. The van der Waals surface area contributed by atoms with Gasteiger partial charge in [0.25, 0.3) is 0 Å². The van der Waals surface area contributed by atoms with Crippen LogP contribution in [0.15, 0.2) is 24.3 Å². The number of ketones is 2. The third-order valence-corrected chi connectivity index (χ3v) is 2.90. The summed E-state index contributed by atoms with van der Waals surface area (Å²) in [5.74, 6) is -0.306. The molecule has 0 unspecified atom stereocenters. The third-order valence-electron chi connectivity index (χ3n) is 2.90. The zero-order chi connectivity index (χ0) is 11.6. The topological polar surface area (TPSA) is 60.2 Å². The summed E-state index contributed by atoms with van der Waals surface area (Å²) in [6.45, 7) is 4.50. The minimum Gasteiger partial charge on any atom is -0.399 e. The molecule has 0 aliphatic rings. The molecule has 0 bridgehead atoms. The highest BCUT2D eigenvalue weighted by Gasteiger charge is 2.36. The van der Waals surface area contributed by atoms with E-state index in [-0.39, 0.29) is 11.6 Å². The van der Waals surface area contributed by atoms with Crippen LogP contribution in [-0.2, 0) is 15.0 Å². The van der Waals surface area contributed by atoms with Crippen LogP contribution in [0.3, 0.4) is 0 Å². The first-order valence-electron chi connectivity index (χ1n) is 4.77. The summed E-state index contributed by atoms with van der Waals surface area (Å²) in [6.07, 6.45) is 0. The first-order chi connectivity index (χ1) is 6.89. The van der Waals surface area contributed by atoms with E-state index in [0.29, 0.717) is 11.3 Å². The van der Waals surface area contributed by atoms with Crippen molar-refractivity contribution in [3.8, 4) is 0 Å². The van der Waals surface area contributed by atoms with Gasteiger partial charge in [-0.2, -0.15) is 0 Å². The molecule has 0 radical (unpaired) electrons. The summed E-state index contributed by atoms with van der Waals surface area (Å²) >= 11 is 0. The summed E-state index contributed by atoms with van der Waals surface area (Å²) in [5.41, 5.74) is 5.81. The predicted molar refractivity (Wildman–Crippen MR) is 59.6 cm³/mol. The molecule has 1 rings (SSSR count). The van der Waals surface area contributed by atoms with Crippen LogP contribution in [0.4, 0.5) is 5.69 Å². The third kappa shape index (κ3) is 1.91. The van der Waals surface area contributed by atoms with Gasteiger partial charge in [0, 0.05) is 5.69 Å². The van der Waals surface area contributed by atoms with Crippen LogP contribution >= 0.6 is 0 Å². The SMILES string of the molecule is CC(=O)C(C)(C(C)=O)c1ccc(N)cc1. The summed E-state index contributed by atoms with van der Waals surface area (Å²) in [5, 5.41) is 0. The fraction of sp³-hybridized carbons (Fsp3) is 0.333. The lowest BCUT2D eigenvalue weighted by Crippen LogP contribution is -2.37. The molecule has 0 spiro atoms. The summed E-state index contributed by atoms with van der Waals surface area (Å²) in [4.78, 5) is 23.1. The van der Waals surface area contributed by atoms with Gasteiger partial charge in [-0.25, -0.2) is 0 Å². The van der Waals surface area contributed by atoms with E-state index in [9.17, 15) is 9.59 Å². The van der Waals surface area contributed by atoms with Crippen LogP contribution in [-0.4, -0.2) is 11.6 Å². The molecule has 0 fully saturated rings. The molecule has 0 aromatic heterocycles. The molecule has 1 aromatic rings. The van der Waals surface area contributed by atoms with E-state index < -0.39 is 5.41 Å². The van der Waals surface area contributed by atoms with Crippen LogP contribution < -0.4 is 5.73 Å². The van der Waals surface area contributed by atoms with E-state index in [1.165, 1.54) is 13.8 Å². The molecular weight excluding hydrogens is 190 g/mol. The number of nitrogen functional groups attached to an aromatic ring is 1. The number of rotatable bonds is 3. The first-order valence-corrected chi connectivity index (χ1v) is 4.77. The predicted octanol–water partition coefficient (Wildman–Crippen LogP) is 1.70. The maximum absolute atomic E-state index is 11.5. The Morgan fingerprint density at radius 3 is 1.80 bits per heavy atom. The molecule has 2 N–H and O–H groups in total. The number of carbonyl (C=O) groups excluding carboxylic acids is 2. The lowest BCUT2D eigenvalue weighted by Gasteiger charge is -2.24. The molecule has 0 atom stereocenters. The quantitative estimate of drug-likeness (QED) is 0.603. The number of nitrogens with two attached hydrogens (primary N) is 1. The van der Waals surface area contributed by atoms with Crippen molar-refractivity contribution in [3.05, 3.63) is 29.8 Å². The highest BCUT2D eigenvalue weighted by Crippen LogP contribution is 2.26. The van der Waals surface area contributed by atoms with Gasteiger partial charge in [0.2, 0.25) is 0 Å². The normalized spacial score (nSPS) is 11.1. The Morgan fingerprint density at radius 2 is 1.47 bits per heavy atom. The smallest absolute Gasteiger partial charge is 0.147 e. The standard InChI is InChI=1S/C12H15NO2/c1-8(14)12(3,9(2)15)10-4-6-11(13)7-5-10/h4-7H,13H2,1-3H3. The van der Waals surface area contributed by atoms with Gasteiger partial charge in [-0.3, -0.25) is 9.59 Å².